The van der Waals surface area contributed by atoms with E-state index in [1.54, 1.807) is 0 Å². The SMILES string of the molecule is CCOC(=O)C1=C(C)Nc2ncc(CN(CC)CC)n2C1C. The van der Waals surface area contributed by atoms with E-state index >= 15 is 0 Å². The molecule has 0 fully saturated rings. The summed E-state index contributed by atoms with van der Waals surface area (Å²) in [4.78, 5) is 19.0. The summed E-state index contributed by atoms with van der Waals surface area (Å²) in [5.41, 5.74) is 2.60. The number of rotatable bonds is 6. The summed E-state index contributed by atoms with van der Waals surface area (Å²) in [5.74, 6) is 0.536. The van der Waals surface area contributed by atoms with Gasteiger partial charge in [-0.05, 0) is 33.9 Å². The van der Waals surface area contributed by atoms with Gasteiger partial charge in [-0.3, -0.25) is 4.90 Å². The quantitative estimate of drug-likeness (QED) is 0.819. The van der Waals surface area contributed by atoms with Gasteiger partial charge in [0.05, 0.1) is 30.1 Å². The first-order chi connectivity index (χ1) is 10.5. The first-order valence-corrected chi connectivity index (χ1v) is 7.96. The highest BCUT2D eigenvalue weighted by molar-refractivity contribution is 5.91. The second-order valence-electron chi connectivity index (χ2n) is 5.46. The Balaban J connectivity index is 2.32. The van der Waals surface area contributed by atoms with Gasteiger partial charge in [-0.25, -0.2) is 9.78 Å². The Hall–Kier alpha value is -1.82. The molecule has 0 bridgehead atoms. The molecule has 0 radical (unpaired) electrons. The van der Waals surface area contributed by atoms with Crippen LogP contribution in [0.3, 0.4) is 0 Å². The van der Waals surface area contributed by atoms with Crippen LogP contribution < -0.4 is 5.32 Å². The Bertz CT molecular complexity index is 573. The minimum Gasteiger partial charge on any atom is -0.463 e. The summed E-state index contributed by atoms with van der Waals surface area (Å²) in [6.45, 7) is 13.2. The number of hydrogen-bond acceptors (Lipinski definition) is 5. The molecule has 0 saturated carbocycles. The second kappa shape index (κ2) is 6.96. The van der Waals surface area contributed by atoms with Gasteiger partial charge in [0.2, 0.25) is 5.95 Å². The van der Waals surface area contributed by atoms with E-state index in [-0.39, 0.29) is 12.0 Å². The number of fused-ring (bicyclic) bond motifs is 1. The molecule has 22 heavy (non-hydrogen) atoms. The van der Waals surface area contributed by atoms with Gasteiger partial charge in [0.25, 0.3) is 0 Å². The zero-order valence-electron chi connectivity index (χ0n) is 14.1. The molecule has 1 atom stereocenters. The van der Waals surface area contributed by atoms with Gasteiger partial charge in [-0.2, -0.15) is 0 Å². The third kappa shape index (κ3) is 3.02. The number of carbonyl (C=O) groups is 1. The number of allylic oxidation sites excluding steroid dienone is 1. The first kappa shape index (κ1) is 16.5. The number of ether oxygens (including phenoxy) is 1. The van der Waals surface area contributed by atoms with Crippen LogP contribution in [0.4, 0.5) is 5.95 Å². The summed E-state index contributed by atoms with van der Waals surface area (Å²) in [6.07, 6.45) is 1.89. The van der Waals surface area contributed by atoms with Gasteiger partial charge in [0.1, 0.15) is 0 Å². The molecule has 1 aliphatic rings. The van der Waals surface area contributed by atoms with Crippen molar-refractivity contribution in [3.8, 4) is 0 Å². The van der Waals surface area contributed by atoms with E-state index in [2.05, 4.69) is 33.6 Å². The predicted molar refractivity (Wildman–Crippen MR) is 86.5 cm³/mol. The average molecular weight is 306 g/mol. The van der Waals surface area contributed by atoms with E-state index in [9.17, 15) is 4.79 Å². The molecule has 0 aromatic carbocycles. The number of nitrogens with one attached hydrogen (secondary N) is 1. The lowest BCUT2D eigenvalue weighted by molar-refractivity contribution is -0.139. The van der Waals surface area contributed by atoms with Crippen LogP contribution >= 0.6 is 0 Å². The zero-order chi connectivity index (χ0) is 16.3. The van der Waals surface area contributed by atoms with Crippen molar-refractivity contribution in [2.24, 2.45) is 0 Å². The smallest absolute Gasteiger partial charge is 0.337 e. The summed E-state index contributed by atoms with van der Waals surface area (Å²) in [6, 6.07) is -0.0802. The van der Waals surface area contributed by atoms with E-state index in [1.807, 2.05) is 27.0 Å². The largest absolute Gasteiger partial charge is 0.463 e. The molecular formula is C16H26N4O2. The number of nitrogens with zero attached hydrogens (tertiary/aromatic N) is 3. The maximum absolute atomic E-state index is 12.2. The Labute approximate surface area is 132 Å². The number of aromatic nitrogens is 2. The van der Waals surface area contributed by atoms with Crippen LogP contribution in [0.15, 0.2) is 17.5 Å². The number of anilines is 1. The molecule has 6 heteroatoms. The number of hydrogen-bond donors (Lipinski definition) is 1. The Morgan fingerprint density at radius 3 is 2.68 bits per heavy atom. The molecule has 122 valence electrons. The standard InChI is InChI=1S/C16H26N4O2/c1-6-19(7-2)10-13-9-17-16-18-11(4)14(12(5)20(13)16)15(21)22-8-3/h9,12H,6-8,10H2,1-5H3,(H,17,18). The van der Waals surface area contributed by atoms with Gasteiger partial charge in [-0.1, -0.05) is 13.8 Å². The molecule has 0 saturated heterocycles. The molecule has 1 N–H and O–H groups in total. The van der Waals surface area contributed by atoms with Crippen molar-refractivity contribution in [2.45, 2.75) is 47.2 Å². The third-order valence-electron chi connectivity index (χ3n) is 4.16. The predicted octanol–water partition coefficient (Wildman–Crippen LogP) is 2.55. The molecule has 1 aromatic rings. The lowest BCUT2D eigenvalue weighted by atomic mass is 10.0. The molecule has 2 rings (SSSR count). The molecule has 1 unspecified atom stereocenters. The van der Waals surface area contributed by atoms with Crippen molar-refractivity contribution < 1.29 is 9.53 Å². The average Bonchev–Trinajstić information content (AvgIpc) is 2.87. The van der Waals surface area contributed by atoms with Crippen LogP contribution in [-0.2, 0) is 16.1 Å². The summed E-state index contributed by atoms with van der Waals surface area (Å²) in [7, 11) is 0. The van der Waals surface area contributed by atoms with Gasteiger partial charge in [-0.15, -0.1) is 0 Å². The number of carbonyl (C=O) groups excluding carboxylic acids is 1. The molecular weight excluding hydrogens is 280 g/mol. The molecule has 1 aromatic heterocycles. The van der Waals surface area contributed by atoms with Crippen LogP contribution in [0.5, 0.6) is 0 Å². The lowest BCUT2D eigenvalue weighted by Gasteiger charge is -2.29. The normalized spacial score (nSPS) is 17.5. The topological polar surface area (TPSA) is 59.4 Å². The van der Waals surface area contributed by atoms with Gasteiger partial charge < -0.3 is 14.6 Å². The highest BCUT2D eigenvalue weighted by Crippen LogP contribution is 2.32. The van der Waals surface area contributed by atoms with Crippen molar-refractivity contribution in [1.82, 2.24) is 14.5 Å². The summed E-state index contributed by atoms with van der Waals surface area (Å²) < 4.78 is 7.29. The molecule has 0 aliphatic carbocycles. The third-order valence-corrected chi connectivity index (χ3v) is 4.16. The van der Waals surface area contributed by atoms with Gasteiger partial charge in [0.15, 0.2) is 0 Å². The highest BCUT2D eigenvalue weighted by atomic mass is 16.5. The number of imidazole rings is 1. The van der Waals surface area contributed by atoms with Crippen LogP contribution in [0, 0.1) is 0 Å². The van der Waals surface area contributed by atoms with Crippen molar-refractivity contribution in [3.63, 3.8) is 0 Å². The van der Waals surface area contributed by atoms with Crippen molar-refractivity contribution in [2.75, 3.05) is 25.0 Å². The highest BCUT2D eigenvalue weighted by Gasteiger charge is 2.30. The minimum absolute atomic E-state index is 0.0802. The molecule has 2 heterocycles. The lowest BCUT2D eigenvalue weighted by Crippen LogP contribution is -2.30. The first-order valence-electron chi connectivity index (χ1n) is 7.96. The van der Waals surface area contributed by atoms with Crippen molar-refractivity contribution in [1.29, 1.82) is 0 Å². The van der Waals surface area contributed by atoms with E-state index in [1.165, 1.54) is 0 Å². The van der Waals surface area contributed by atoms with Crippen LogP contribution in [0.1, 0.15) is 46.4 Å². The van der Waals surface area contributed by atoms with Gasteiger partial charge in [0, 0.05) is 12.2 Å². The fourth-order valence-corrected chi connectivity index (χ4v) is 2.92. The van der Waals surface area contributed by atoms with Gasteiger partial charge >= 0.3 is 5.97 Å². The molecule has 6 nitrogen and oxygen atoms in total. The van der Waals surface area contributed by atoms with Crippen LogP contribution in [0.25, 0.3) is 0 Å². The Kier molecular flexibility index (Phi) is 5.24. The second-order valence-corrected chi connectivity index (χ2v) is 5.46. The number of esters is 1. The summed E-state index contributed by atoms with van der Waals surface area (Å²) >= 11 is 0. The Morgan fingerprint density at radius 1 is 1.41 bits per heavy atom. The fraction of sp³-hybridized carbons (Fsp3) is 0.625. The molecule has 0 spiro atoms. The zero-order valence-corrected chi connectivity index (χ0v) is 14.1. The van der Waals surface area contributed by atoms with E-state index in [0.717, 1.165) is 37.0 Å². The molecule has 1 aliphatic heterocycles. The van der Waals surface area contributed by atoms with Crippen molar-refractivity contribution in [3.05, 3.63) is 23.2 Å². The Morgan fingerprint density at radius 2 is 2.09 bits per heavy atom. The van der Waals surface area contributed by atoms with E-state index in [4.69, 9.17) is 4.74 Å². The van der Waals surface area contributed by atoms with Crippen molar-refractivity contribution >= 4 is 11.9 Å². The maximum Gasteiger partial charge on any atom is 0.337 e. The van der Waals surface area contributed by atoms with E-state index < -0.39 is 0 Å². The van der Waals surface area contributed by atoms with Crippen LogP contribution in [0.2, 0.25) is 0 Å². The monoisotopic (exact) mass is 306 g/mol. The molecule has 0 amide bonds. The van der Waals surface area contributed by atoms with Crippen LogP contribution in [-0.4, -0.2) is 40.1 Å². The fourth-order valence-electron chi connectivity index (χ4n) is 2.92. The van der Waals surface area contributed by atoms with E-state index in [0.29, 0.717) is 12.2 Å². The maximum atomic E-state index is 12.2. The minimum atomic E-state index is -0.256. The summed E-state index contributed by atoms with van der Waals surface area (Å²) in [5, 5.41) is 3.22.